The van der Waals surface area contributed by atoms with Crippen molar-refractivity contribution in [1.82, 2.24) is 4.90 Å². The highest BCUT2D eigenvalue weighted by Crippen LogP contribution is 2.46. The van der Waals surface area contributed by atoms with Crippen LogP contribution in [-0.4, -0.2) is 29.5 Å². The molecule has 17 heavy (non-hydrogen) atoms. The fourth-order valence-corrected chi connectivity index (χ4v) is 3.25. The molecule has 1 heterocycles. The molecular weight excluding hydrogens is 210 g/mol. The largest absolute Gasteiger partial charge is 0.370 e. The Balaban J connectivity index is 1.92. The highest BCUT2D eigenvalue weighted by molar-refractivity contribution is 5.78. The third-order valence-corrected chi connectivity index (χ3v) is 4.26. The molecule has 2 fully saturated rings. The number of hydrogen-bond acceptors (Lipinski definition) is 1. The maximum atomic E-state index is 6.10. The molecule has 0 unspecified atom stereocenters. The second-order valence-corrected chi connectivity index (χ2v) is 6.83. The minimum absolute atomic E-state index is 0.0629. The predicted molar refractivity (Wildman–Crippen MR) is 73.1 cm³/mol. The molecule has 0 atom stereocenters. The van der Waals surface area contributed by atoms with Crippen molar-refractivity contribution in [3.63, 3.8) is 0 Å². The quantitative estimate of drug-likeness (QED) is 0.520. The van der Waals surface area contributed by atoms with E-state index in [2.05, 4.69) is 30.7 Å². The van der Waals surface area contributed by atoms with E-state index in [0.717, 1.165) is 19.0 Å². The number of aliphatic imine (C=N–C) groups is 1. The maximum Gasteiger partial charge on any atom is 0.191 e. The number of guanidine groups is 1. The SMILES string of the molecule is CC(C)(C)N=C(N)N1CCC2(CCCC2)CC1. The van der Waals surface area contributed by atoms with Crippen molar-refractivity contribution >= 4 is 5.96 Å². The van der Waals surface area contributed by atoms with Crippen molar-refractivity contribution < 1.29 is 0 Å². The van der Waals surface area contributed by atoms with E-state index in [1.54, 1.807) is 0 Å². The average Bonchev–Trinajstić information content (AvgIpc) is 2.65. The van der Waals surface area contributed by atoms with Crippen LogP contribution in [-0.2, 0) is 0 Å². The Hall–Kier alpha value is -0.730. The molecule has 0 aromatic carbocycles. The molecule has 0 aromatic heterocycles. The summed E-state index contributed by atoms with van der Waals surface area (Å²) in [5.74, 6) is 0.741. The fourth-order valence-electron chi connectivity index (χ4n) is 3.25. The molecule has 2 aliphatic rings. The van der Waals surface area contributed by atoms with E-state index in [-0.39, 0.29) is 5.54 Å². The lowest BCUT2D eigenvalue weighted by Crippen LogP contribution is -2.46. The predicted octanol–water partition coefficient (Wildman–Crippen LogP) is 2.76. The molecular formula is C14H27N3. The minimum atomic E-state index is -0.0629. The van der Waals surface area contributed by atoms with Crippen molar-refractivity contribution in [3.8, 4) is 0 Å². The number of piperidine rings is 1. The summed E-state index contributed by atoms with van der Waals surface area (Å²) in [6.07, 6.45) is 8.38. The minimum Gasteiger partial charge on any atom is -0.370 e. The maximum absolute atomic E-state index is 6.10. The van der Waals surface area contributed by atoms with Gasteiger partial charge in [-0.25, -0.2) is 4.99 Å². The summed E-state index contributed by atoms with van der Waals surface area (Å²) in [5.41, 5.74) is 6.70. The van der Waals surface area contributed by atoms with Crippen LogP contribution in [0, 0.1) is 5.41 Å². The lowest BCUT2D eigenvalue weighted by molar-refractivity contribution is 0.152. The van der Waals surface area contributed by atoms with Crippen LogP contribution in [0.3, 0.4) is 0 Å². The first kappa shape index (κ1) is 12.7. The van der Waals surface area contributed by atoms with Gasteiger partial charge in [0.15, 0.2) is 5.96 Å². The summed E-state index contributed by atoms with van der Waals surface area (Å²) < 4.78 is 0. The van der Waals surface area contributed by atoms with Crippen LogP contribution in [0.2, 0.25) is 0 Å². The van der Waals surface area contributed by atoms with Gasteiger partial charge in [-0.2, -0.15) is 0 Å². The summed E-state index contributed by atoms with van der Waals surface area (Å²) >= 11 is 0. The van der Waals surface area contributed by atoms with Gasteiger partial charge in [-0.1, -0.05) is 12.8 Å². The normalized spacial score (nSPS) is 25.6. The van der Waals surface area contributed by atoms with Gasteiger partial charge in [-0.05, 0) is 51.9 Å². The van der Waals surface area contributed by atoms with Gasteiger partial charge in [0.25, 0.3) is 0 Å². The first-order valence-corrected chi connectivity index (χ1v) is 7.01. The Morgan fingerprint density at radius 1 is 1.06 bits per heavy atom. The van der Waals surface area contributed by atoms with Crippen LogP contribution in [0.4, 0.5) is 0 Å². The number of hydrogen-bond donors (Lipinski definition) is 1. The first-order chi connectivity index (χ1) is 7.90. The first-order valence-electron chi connectivity index (χ1n) is 7.01. The summed E-state index contributed by atoms with van der Waals surface area (Å²) in [6.45, 7) is 8.50. The van der Waals surface area contributed by atoms with Gasteiger partial charge in [-0.15, -0.1) is 0 Å². The molecule has 1 spiro atoms. The van der Waals surface area contributed by atoms with Crippen molar-refractivity contribution in [2.24, 2.45) is 16.1 Å². The lowest BCUT2D eigenvalue weighted by atomic mass is 9.77. The second-order valence-electron chi connectivity index (χ2n) is 6.83. The van der Waals surface area contributed by atoms with Crippen LogP contribution in [0.1, 0.15) is 59.3 Å². The molecule has 1 aliphatic carbocycles. The Labute approximate surface area is 105 Å². The Bertz CT molecular complexity index is 285. The van der Waals surface area contributed by atoms with E-state index < -0.39 is 0 Å². The van der Waals surface area contributed by atoms with Crippen LogP contribution in [0.25, 0.3) is 0 Å². The van der Waals surface area contributed by atoms with Gasteiger partial charge < -0.3 is 10.6 Å². The van der Waals surface area contributed by atoms with Crippen LogP contribution in [0.15, 0.2) is 4.99 Å². The lowest BCUT2D eigenvalue weighted by Gasteiger charge is -2.40. The zero-order valence-electron chi connectivity index (χ0n) is 11.6. The summed E-state index contributed by atoms with van der Waals surface area (Å²) in [5, 5.41) is 0. The zero-order valence-corrected chi connectivity index (χ0v) is 11.6. The van der Waals surface area contributed by atoms with E-state index in [1.165, 1.54) is 38.5 Å². The highest BCUT2D eigenvalue weighted by Gasteiger charge is 2.37. The van der Waals surface area contributed by atoms with E-state index in [4.69, 9.17) is 5.73 Å². The molecule has 0 amide bonds. The molecule has 1 saturated carbocycles. The number of rotatable bonds is 0. The van der Waals surface area contributed by atoms with Gasteiger partial charge in [-0.3, -0.25) is 0 Å². The monoisotopic (exact) mass is 237 g/mol. The fraction of sp³-hybridized carbons (Fsp3) is 0.929. The summed E-state index contributed by atoms with van der Waals surface area (Å²) in [7, 11) is 0. The Kier molecular flexibility index (Phi) is 3.37. The van der Waals surface area contributed by atoms with Gasteiger partial charge in [0, 0.05) is 13.1 Å². The Morgan fingerprint density at radius 2 is 1.59 bits per heavy atom. The van der Waals surface area contributed by atoms with Crippen molar-refractivity contribution in [2.45, 2.75) is 64.8 Å². The van der Waals surface area contributed by atoms with E-state index in [9.17, 15) is 0 Å². The van der Waals surface area contributed by atoms with Crippen molar-refractivity contribution in [3.05, 3.63) is 0 Å². The molecule has 3 nitrogen and oxygen atoms in total. The van der Waals surface area contributed by atoms with Crippen LogP contribution in [0.5, 0.6) is 0 Å². The number of likely N-dealkylation sites (tertiary alicyclic amines) is 1. The molecule has 0 bridgehead atoms. The van der Waals surface area contributed by atoms with Gasteiger partial charge in [0.1, 0.15) is 0 Å². The van der Waals surface area contributed by atoms with E-state index in [1.807, 2.05) is 0 Å². The molecule has 0 radical (unpaired) electrons. The molecule has 2 N–H and O–H groups in total. The summed E-state index contributed by atoms with van der Waals surface area (Å²) in [6, 6.07) is 0. The molecule has 2 rings (SSSR count). The van der Waals surface area contributed by atoms with Gasteiger partial charge >= 0.3 is 0 Å². The van der Waals surface area contributed by atoms with Crippen LogP contribution >= 0.6 is 0 Å². The molecule has 1 aliphatic heterocycles. The topological polar surface area (TPSA) is 41.6 Å². The standard InChI is InChI=1S/C14H27N3/c1-13(2,3)16-12(15)17-10-8-14(9-11-17)6-4-5-7-14/h4-11H2,1-3H3,(H2,15,16). The zero-order chi connectivity index (χ0) is 12.5. The van der Waals surface area contributed by atoms with Crippen LogP contribution < -0.4 is 5.73 Å². The third-order valence-electron chi connectivity index (χ3n) is 4.26. The van der Waals surface area contributed by atoms with Crippen molar-refractivity contribution in [1.29, 1.82) is 0 Å². The number of nitrogens with zero attached hydrogens (tertiary/aromatic N) is 2. The Morgan fingerprint density at radius 3 is 2.06 bits per heavy atom. The summed E-state index contributed by atoms with van der Waals surface area (Å²) in [4.78, 5) is 6.84. The molecule has 3 heteroatoms. The molecule has 0 aromatic rings. The van der Waals surface area contributed by atoms with Gasteiger partial charge in [0.05, 0.1) is 5.54 Å². The average molecular weight is 237 g/mol. The third kappa shape index (κ3) is 3.14. The molecule has 98 valence electrons. The highest BCUT2D eigenvalue weighted by atomic mass is 15.3. The number of nitrogens with two attached hydrogens (primary N) is 1. The van der Waals surface area contributed by atoms with E-state index >= 15 is 0 Å². The second kappa shape index (κ2) is 4.51. The van der Waals surface area contributed by atoms with Gasteiger partial charge in [0.2, 0.25) is 0 Å². The smallest absolute Gasteiger partial charge is 0.191 e. The molecule has 1 saturated heterocycles. The van der Waals surface area contributed by atoms with E-state index in [0.29, 0.717) is 5.41 Å². The van der Waals surface area contributed by atoms with Crippen molar-refractivity contribution in [2.75, 3.05) is 13.1 Å².